The lowest BCUT2D eigenvalue weighted by Gasteiger charge is -2.29. The van der Waals surface area contributed by atoms with Gasteiger partial charge in [0.05, 0.1) is 6.54 Å². The number of terminal acetylenes is 1. The Balaban J connectivity index is 2.47. The van der Waals surface area contributed by atoms with Gasteiger partial charge >= 0.3 is 0 Å². The van der Waals surface area contributed by atoms with Crippen LogP contribution in [0.1, 0.15) is 25.7 Å². The first-order chi connectivity index (χ1) is 6.96. The number of amides is 1. The van der Waals surface area contributed by atoms with Gasteiger partial charge in [0, 0.05) is 25.8 Å². The molecule has 0 heterocycles. The Morgan fingerprint density at radius 1 is 1.53 bits per heavy atom. The number of nitrogens with zero attached hydrogens (tertiary/aromatic N) is 1. The third kappa shape index (κ3) is 3.19. The molecule has 0 bridgehead atoms. The van der Waals surface area contributed by atoms with E-state index in [1.54, 1.807) is 7.05 Å². The number of hydrogen-bond donors (Lipinski definition) is 0. The zero-order valence-corrected chi connectivity index (χ0v) is 8.80. The molecule has 0 spiro atoms. The summed E-state index contributed by atoms with van der Waals surface area (Å²) in [6.07, 6.45) is 5.23. The Morgan fingerprint density at radius 2 is 2.07 bits per heavy atom. The summed E-state index contributed by atoms with van der Waals surface area (Å²) in [5.74, 6) is -0.604. The molecule has 1 fully saturated rings. The molecule has 0 atom stereocenters. The average Bonchev–Trinajstić information content (AvgIpc) is 2.17. The van der Waals surface area contributed by atoms with Gasteiger partial charge in [0.1, 0.15) is 0 Å². The Kier molecular flexibility index (Phi) is 3.67. The van der Waals surface area contributed by atoms with E-state index >= 15 is 0 Å². The summed E-state index contributed by atoms with van der Waals surface area (Å²) in [5.41, 5.74) is 0. The van der Waals surface area contributed by atoms with Gasteiger partial charge in [-0.3, -0.25) is 4.79 Å². The summed E-state index contributed by atoms with van der Waals surface area (Å²) in [6, 6.07) is 0. The Hall–Kier alpha value is -1.11. The molecule has 1 saturated carbocycles. The molecule has 1 rings (SSSR count). The van der Waals surface area contributed by atoms with Crippen LogP contribution in [0, 0.1) is 18.3 Å². The lowest BCUT2D eigenvalue weighted by atomic mass is 9.86. The van der Waals surface area contributed by atoms with Crippen molar-refractivity contribution >= 4 is 5.91 Å². The summed E-state index contributed by atoms with van der Waals surface area (Å²) >= 11 is 0. The molecule has 0 aromatic rings. The maximum atomic E-state index is 12.8. The molecule has 0 N–H and O–H groups in total. The Morgan fingerprint density at radius 3 is 2.53 bits per heavy atom. The topological polar surface area (TPSA) is 20.3 Å². The first-order valence-corrected chi connectivity index (χ1v) is 5.02. The highest BCUT2D eigenvalue weighted by Crippen LogP contribution is 2.36. The monoisotopic (exact) mass is 215 g/mol. The summed E-state index contributed by atoms with van der Waals surface area (Å²) in [4.78, 5) is 13.1. The molecular weight excluding hydrogens is 200 g/mol. The average molecular weight is 215 g/mol. The second kappa shape index (κ2) is 4.61. The van der Waals surface area contributed by atoms with Crippen LogP contribution in [0.5, 0.6) is 0 Å². The molecule has 84 valence electrons. The molecule has 0 aromatic heterocycles. The quantitative estimate of drug-likeness (QED) is 0.644. The van der Waals surface area contributed by atoms with Crippen molar-refractivity contribution < 1.29 is 13.6 Å². The van der Waals surface area contributed by atoms with E-state index < -0.39 is 5.92 Å². The molecule has 0 radical (unpaired) electrons. The van der Waals surface area contributed by atoms with Gasteiger partial charge < -0.3 is 4.90 Å². The van der Waals surface area contributed by atoms with Crippen molar-refractivity contribution in [2.24, 2.45) is 5.92 Å². The van der Waals surface area contributed by atoms with E-state index in [2.05, 4.69) is 5.92 Å². The van der Waals surface area contributed by atoms with E-state index in [1.807, 2.05) is 0 Å². The lowest BCUT2D eigenvalue weighted by Crippen LogP contribution is -2.37. The second-order valence-corrected chi connectivity index (χ2v) is 4.03. The van der Waals surface area contributed by atoms with Crippen molar-refractivity contribution in [3.05, 3.63) is 0 Å². The number of halogens is 2. The number of alkyl halides is 2. The fourth-order valence-corrected chi connectivity index (χ4v) is 1.81. The highest BCUT2D eigenvalue weighted by Gasteiger charge is 2.37. The third-order valence-electron chi connectivity index (χ3n) is 2.77. The minimum atomic E-state index is -2.58. The van der Waals surface area contributed by atoms with E-state index in [0.29, 0.717) is 0 Å². The van der Waals surface area contributed by atoms with Crippen LogP contribution in [0.2, 0.25) is 0 Å². The van der Waals surface area contributed by atoms with Crippen LogP contribution < -0.4 is 0 Å². The highest BCUT2D eigenvalue weighted by atomic mass is 19.3. The van der Waals surface area contributed by atoms with Crippen LogP contribution in [0.3, 0.4) is 0 Å². The maximum absolute atomic E-state index is 12.8. The molecule has 2 nitrogen and oxygen atoms in total. The molecule has 1 aliphatic carbocycles. The third-order valence-corrected chi connectivity index (χ3v) is 2.77. The van der Waals surface area contributed by atoms with Gasteiger partial charge in [-0.25, -0.2) is 8.78 Å². The highest BCUT2D eigenvalue weighted by molar-refractivity contribution is 5.78. The molecule has 15 heavy (non-hydrogen) atoms. The van der Waals surface area contributed by atoms with Crippen molar-refractivity contribution in [3.8, 4) is 12.3 Å². The number of rotatable bonds is 2. The SMILES string of the molecule is C#CCN(C)C(=O)C1CCC(F)(F)CC1. The number of carbonyl (C=O) groups excluding carboxylic acids is 1. The van der Waals surface area contributed by atoms with E-state index in [1.165, 1.54) is 4.90 Å². The van der Waals surface area contributed by atoms with Gasteiger partial charge in [-0.05, 0) is 12.8 Å². The molecular formula is C11H15F2NO. The molecule has 1 aliphatic rings. The van der Waals surface area contributed by atoms with E-state index in [9.17, 15) is 13.6 Å². The van der Waals surface area contributed by atoms with Crippen molar-refractivity contribution in [2.75, 3.05) is 13.6 Å². The van der Waals surface area contributed by atoms with Crippen LogP contribution >= 0.6 is 0 Å². The predicted octanol–water partition coefficient (Wildman–Crippen LogP) is 1.90. The largest absolute Gasteiger partial charge is 0.334 e. The maximum Gasteiger partial charge on any atom is 0.248 e. The van der Waals surface area contributed by atoms with Crippen LogP contribution in [0.15, 0.2) is 0 Å². The minimum absolute atomic E-state index is 0.108. The van der Waals surface area contributed by atoms with Gasteiger partial charge in [0.15, 0.2) is 0 Å². The molecule has 0 unspecified atom stereocenters. The Bertz CT molecular complexity index is 273. The van der Waals surface area contributed by atoms with Gasteiger partial charge in [-0.2, -0.15) is 0 Å². The summed E-state index contributed by atoms with van der Waals surface area (Å²) in [6.45, 7) is 0.242. The number of carbonyl (C=O) groups is 1. The van der Waals surface area contributed by atoms with E-state index in [0.717, 1.165) is 0 Å². The Labute approximate surface area is 88.6 Å². The molecule has 0 aromatic carbocycles. The molecule has 4 heteroatoms. The summed E-state index contributed by atoms with van der Waals surface area (Å²) in [5, 5.41) is 0. The first kappa shape index (κ1) is 12.0. The summed E-state index contributed by atoms with van der Waals surface area (Å²) < 4.78 is 25.7. The van der Waals surface area contributed by atoms with Gasteiger partial charge in [-0.15, -0.1) is 6.42 Å². The predicted molar refractivity (Wildman–Crippen MR) is 53.4 cm³/mol. The van der Waals surface area contributed by atoms with Crippen molar-refractivity contribution in [3.63, 3.8) is 0 Å². The molecule has 0 aliphatic heterocycles. The number of hydrogen-bond acceptors (Lipinski definition) is 1. The zero-order chi connectivity index (χ0) is 11.5. The fraction of sp³-hybridized carbons (Fsp3) is 0.727. The lowest BCUT2D eigenvalue weighted by molar-refractivity contribution is -0.137. The van der Waals surface area contributed by atoms with Gasteiger partial charge in [-0.1, -0.05) is 5.92 Å². The normalized spacial score (nSPS) is 20.7. The van der Waals surface area contributed by atoms with Crippen LogP contribution in [-0.4, -0.2) is 30.3 Å². The fourth-order valence-electron chi connectivity index (χ4n) is 1.81. The smallest absolute Gasteiger partial charge is 0.248 e. The van der Waals surface area contributed by atoms with Gasteiger partial charge in [0.25, 0.3) is 0 Å². The van der Waals surface area contributed by atoms with Crippen LogP contribution in [0.4, 0.5) is 8.78 Å². The standard InChI is InChI=1S/C11H15F2NO/c1-3-8-14(2)10(15)9-4-6-11(12,13)7-5-9/h1,9H,4-8H2,2H3. The second-order valence-electron chi connectivity index (χ2n) is 4.03. The van der Waals surface area contributed by atoms with Crippen molar-refractivity contribution in [2.45, 2.75) is 31.6 Å². The van der Waals surface area contributed by atoms with Crippen LogP contribution in [0.25, 0.3) is 0 Å². The van der Waals surface area contributed by atoms with Gasteiger partial charge in [0.2, 0.25) is 11.8 Å². The van der Waals surface area contributed by atoms with Crippen LogP contribution in [-0.2, 0) is 4.79 Å². The van der Waals surface area contributed by atoms with E-state index in [4.69, 9.17) is 6.42 Å². The zero-order valence-electron chi connectivity index (χ0n) is 8.80. The molecule has 1 amide bonds. The first-order valence-electron chi connectivity index (χ1n) is 5.02. The summed E-state index contributed by atoms with van der Waals surface area (Å²) in [7, 11) is 1.61. The van der Waals surface area contributed by atoms with Crippen molar-refractivity contribution in [1.82, 2.24) is 4.90 Å². The minimum Gasteiger partial charge on any atom is -0.334 e. The van der Waals surface area contributed by atoms with Crippen molar-refractivity contribution in [1.29, 1.82) is 0 Å². The molecule has 0 saturated heterocycles. The van der Waals surface area contributed by atoms with E-state index in [-0.39, 0.29) is 44.1 Å².